The first-order valence-electron chi connectivity index (χ1n) is 4.25. The molecule has 0 bridgehead atoms. The molecule has 0 radical (unpaired) electrons. The van der Waals surface area contributed by atoms with Crippen LogP contribution in [0.5, 0.6) is 0 Å². The fourth-order valence-corrected chi connectivity index (χ4v) is 1.06. The Bertz CT molecular complexity index is 344. The van der Waals surface area contributed by atoms with E-state index in [1.165, 1.54) is 10.8 Å². The van der Waals surface area contributed by atoms with Crippen LogP contribution in [0.3, 0.4) is 0 Å². The van der Waals surface area contributed by atoms with Crippen molar-refractivity contribution in [2.75, 3.05) is 0 Å². The van der Waals surface area contributed by atoms with Gasteiger partial charge in [0.25, 0.3) is 0 Å². The standard InChI is InChI=1S/C9H14N2O2/c1-6-4-10-9(13)11(5-6)7(2)8(3)12/h4-5,7-8,12H,1-3H3. The van der Waals surface area contributed by atoms with Gasteiger partial charge in [-0.25, -0.2) is 9.78 Å². The van der Waals surface area contributed by atoms with Gasteiger partial charge in [0.2, 0.25) is 0 Å². The van der Waals surface area contributed by atoms with Crippen LogP contribution in [0, 0.1) is 6.92 Å². The molecule has 0 spiro atoms. The van der Waals surface area contributed by atoms with E-state index in [1.54, 1.807) is 20.0 Å². The molecule has 1 rings (SSSR count). The maximum absolute atomic E-state index is 11.3. The average molecular weight is 182 g/mol. The summed E-state index contributed by atoms with van der Waals surface area (Å²) in [7, 11) is 0. The third kappa shape index (κ3) is 2.15. The number of aliphatic hydroxyl groups excluding tert-OH is 1. The van der Waals surface area contributed by atoms with Gasteiger partial charge in [-0.1, -0.05) is 0 Å². The summed E-state index contributed by atoms with van der Waals surface area (Å²) in [5, 5.41) is 9.30. The smallest absolute Gasteiger partial charge is 0.347 e. The van der Waals surface area contributed by atoms with Crippen LogP contribution in [-0.2, 0) is 0 Å². The summed E-state index contributed by atoms with van der Waals surface area (Å²) < 4.78 is 1.44. The lowest BCUT2D eigenvalue weighted by atomic mass is 10.2. The first kappa shape index (κ1) is 9.92. The molecular weight excluding hydrogens is 168 g/mol. The van der Waals surface area contributed by atoms with E-state index in [0.29, 0.717) is 0 Å². The molecule has 0 aliphatic heterocycles. The number of aromatic nitrogens is 2. The molecule has 1 heterocycles. The quantitative estimate of drug-likeness (QED) is 0.724. The highest BCUT2D eigenvalue weighted by atomic mass is 16.3. The molecule has 72 valence electrons. The van der Waals surface area contributed by atoms with Crippen molar-refractivity contribution in [1.29, 1.82) is 0 Å². The highest BCUT2D eigenvalue weighted by Gasteiger charge is 2.12. The second kappa shape index (κ2) is 3.70. The van der Waals surface area contributed by atoms with E-state index in [2.05, 4.69) is 4.98 Å². The topological polar surface area (TPSA) is 55.1 Å². The molecule has 0 aliphatic rings. The number of hydrogen-bond donors (Lipinski definition) is 1. The molecule has 0 aromatic carbocycles. The van der Waals surface area contributed by atoms with Crippen molar-refractivity contribution in [1.82, 2.24) is 9.55 Å². The van der Waals surface area contributed by atoms with E-state index in [-0.39, 0.29) is 11.7 Å². The van der Waals surface area contributed by atoms with Gasteiger partial charge in [0, 0.05) is 12.4 Å². The highest BCUT2D eigenvalue weighted by molar-refractivity contribution is 5.00. The Morgan fingerprint density at radius 1 is 1.54 bits per heavy atom. The lowest BCUT2D eigenvalue weighted by Gasteiger charge is -2.17. The highest BCUT2D eigenvalue weighted by Crippen LogP contribution is 2.07. The van der Waals surface area contributed by atoms with E-state index in [4.69, 9.17) is 0 Å². The van der Waals surface area contributed by atoms with Crippen molar-refractivity contribution < 1.29 is 5.11 Å². The van der Waals surface area contributed by atoms with Crippen molar-refractivity contribution in [3.63, 3.8) is 0 Å². The predicted octanol–water partition coefficient (Wildman–Crippen LogP) is 0.494. The molecule has 4 heteroatoms. The van der Waals surface area contributed by atoms with Crippen LogP contribution in [0.1, 0.15) is 25.5 Å². The second-order valence-electron chi connectivity index (χ2n) is 3.30. The molecule has 0 fully saturated rings. The molecule has 0 aliphatic carbocycles. The van der Waals surface area contributed by atoms with Gasteiger partial charge in [-0.05, 0) is 26.3 Å². The third-order valence-electron chi connectivity index (χ3n) is 2.08. The Balaban J connectivity index is 3.13. The van der Waals surface area contributed by atoms with Crippen molar-refractivity contribution in [2.24, 2.45) is 0 Å². The molecule has 1 aromatic rings. The molecule has 0 saturated heterocycles. The normalized spacial score (nSPS) is 15.4. The summed E-state index contributed by atoms with van der Waals surface area (Å²) in [6, 6.07) is -0.236. The van der Waals surface area contributed by atoms with Crippen LogP contribution in [-0.4, -0.2) is 20.8 Å². The van der Waals surface area contributed by atoms with Crippen LogP contribution in [0.15, 0.2) is 17.2 Å². The minimum atomic E-state index is -0.554. The molecule has 2 atom stereocenters. The Morgan fingerprint density at radius 3 is 2.69 bits per heavy atom. The lowest BCUT2D eigenvalue weighted by molar-refractivity contribution is 0.136. The maximum atomic E-state index is 11.3. The van der Waals surface area contributed by atoms with Gasteiger partial charge in [0.1, 0.15) is 0 Å². The minimum absolute atomic E-state index is 0.236. The van der Waals surface area contributed by atoms with Gasteiger partial charge in [-0.2, -0.15) is 0 Å². The maximum Gasteiger partial charge on any atom is 0.347 e. The molecule has 13 heavy (non-hydrogen) atoms. The molecular formula is C9H14N2O2. The van der Waals surface area contributed by atoms with Crippen LogP contribution < -0.4 is 5.69 Å². The second-order valence-corrected chi connectivity index (χ2v) is 3.30. The molecule has 1 N–H and O–H groups in total. The van der Waals surface area contributed by atoms with Gasteiger partial charge >= 0.3 is 5.69 Å². The van der Waals surface area contributed by atoms with Gasteiger partial charge in [0.05, 0.1) is 12.1 Å². The summed E-state index contributed by atoms with van der Waals surface area (Å²) in [5.74, 6) is 0. The number of aryl methyl sites for hydroxylation is 1. The number of aliphatic hydroxyl groups is 1. The van der Waals surface area contributed by atoms with E-state index in [0.717, 1.165) is 5.56 Å². The average Bonchev–Trinajstić information content (AvgIpc) is 2.08. The van der Waals surface area contributed by atoms with Crippen LogP contribution >= 0.6 is 0 Å². The number of hydrogen-bond acceptors (Lipinski definition) is 3. The Kier molecular flexibility index (Phi) is 2.83. The number of rotatable bonds is 2. The largest absolute Gasteiger partial charge is 0.391 e. The van der Waals surface area contributed by atoms with E-state index in [1.807, 2.05) is 6.92 Å². The van der Waals surface area contributed by atoms with E-state index >= 15 is 0 Å². The number of nitrogens with zero attached hydrogens (tertiary/aromatic N) is 2. The Hall–Kier alpha value is -1.16. The lowest BCUT2D eigenvalue weighted by Crippen LogP contribution is -2.30. The first-order valence-corrected chi connectivity index (χ1v) is 4.25. The van der Waals surface area contributed by atoms with Gasteiger partial charge in [0.15, 0.2) is 0 Å². The third-order valence-corrected chi connectivity index (χ3v) is 2.08. The zero-order chi connectivity index (χ0) is 10.0. The van der Waals surface area contributed by atoms with Crippen molar-refractivity contribution in [3.8, 4) is 0 Å². The zero-order valence-electron chi connectivity index (χ0n) is 8.06. The first-order chi connectivity index (χ1) is 6.02. The predicted molar refractivity (Wildman–Crippen MR) is 49.6 cm³/mol. The van der Waals surface area contributed by atoms with E-state index < -0.39 is 6.10 Å². The summed E-state index contributed by atoms with van der Waals surface area (Å²) in [4.78, 5) is 14.9. The molecule has 0 saturated carbocycles. The van der Waals surface area contributed by atoms with Crippen LogP contribution in [0.25, 0.3) is 0 Å². The van der Waals surface area contributed by atoms with Crippen molar-refractivity contribution in [3.05, 3.63) is 28.4 Å². The molecule has 0 amide bonds. The molecule has 4 nitrogen and oxygen atoms in total. The zero-order valence-corrected chi connectivity index (χ0v) is 8.06. The summed E-state index contributed by atoms with van der Waals surface area (Å²) in [5.41, 5.74) is 0.589. The Labute approximate surface area is 76.9 Å². The van der Waals surface area contributed by atoms with Crippen molar-refractivity contribution >= 4 is 0 Å². The fourth-order valence-electron chi connectivity index (χ4n) is 1.06. The minimum Gasteiger partial charge on any atom is -0.391 e. The molecule has 2 unspecified atom stereocenters. The van der Waals surface area contributed by atoms with Crippen molar-refractivity contribution in [2.45, 2.75) is 32.9 Å². The van der Waals surface area contributed by atoms with Gasteiger partial charge in [-0.15, -0.1) is 0 Å². The van der Waals surface area contributed by atoms with Gasteiger partial charge < -0.3 is 5.11 Å². The fraction of sp³-hybridized carbons (Fsp3) is 0.556. The molecule has 1 aromatic heterocycles. The summed E-state index contributed by atoms with van der Waals surface area (Å²) >= 11 is 0. The Morgan fingerprint density at radius 2 is 2.15 bits per heavy atom. The van der Waals surface area contributed by atoms with Crippen LogP contribution in [0.4, 0.5) is 0 Å². The van der Waals surface area contributed by atoms with Gasteiger partial charge in [-0.3, -0.25) is 4.57 Å². The monoisotopic (exact) mass is 182 g/mol. The van der Waals surface area contributed by atoms with Crippen LogP contribution in [0.2, 0.25) is 0 Å². The summed E-state index contributed by atoms with van der Waals surface area (Å²) in [6.45, 7) is 5.30. The summed E-state index contributed by atoms with van der Waals surface area (Å²) in [6.07, 6.45) is 2.67. The van der Waals surface area contributed by atoms with E-state index in [9.17, 15) is 9.90 Å². The SMILES string of the molecule is Cc1cnc(=O)n(C(C)C(C)O)c1.